The van der Waals surface area contributed by atoms with Gasteiger partial charge in [0.1, 0.15) is 0 Å². The highest BCUT2D eigenvalue weighted by Crippen LogP contribution is 2.33. The molecule has 3 aromatic carbocycles. The molecule has 0 unspecified atom stereocenters. The highest BCUT2D eigenvalue weighted by molar-refractivity contribution is 9.10. The number of halogens is 4. The van der Waals surface area contributed by atoms with Gasteiger partial charge in [-0.15, -0.1) is 0 Å². The maximum absolute atomic E-state index is 12.6. The normalized spacial score (nSPS) is 10.8. The second-order valence-electron chi connectivity index (χ2n) is 4.84. The Hall–Kier alpha value is -1.26. The number of nitrogens with one attached hydrogen (secondary N) is 1. The molecule has 0 aromatic heterocycles. The zero-order chi connectivity index (χ0) is 16.6. The van der Waals surface area contributed by atoms with Crippen molar-refractivity contribution in [3.63, 3.8) is 0 Å². The monoisotopic (exact) mass is 427 g/mol. The van der Waals surface area contributed by atoms with E-state index in [0.717, 1.165) is 15.2 Å². The van der Waals surface area contributed by atoms with E-state index in [2.05, 4.69) is 21.2 Å². The third-order valence-corrected chi connectivity index (χ3v) is 5.10. The number of rotatable bonds is 2. The van der Waals surface area contributed by atoms with Crippen molar-refractivity contribution in [2.75, 3.05) is 5.32 Å². The minimum atomic E-state index is -0.269. The number of benzene rings is 3. The molecule has 116 valence electrons. The number of amides is 1. The van der Waals surface area contributed by atoms with Crippen LogP contribution in [0.1, 0.15) is 10.4 Å². The molecule has 0 radical (unpaired) electrons. The summed E-state index contributed by atoms with van der Waals surface area (Å²) in [5.74, 6) is -0.269. The molecular formula is C17H9BrCl3NO. The topological polar surface area (TPSA) is 29.1 Å². The van der Waals surface area contributed by atoms with Gasteiger partial charge in [0.05, 0.1) is 20.8 Å². The van der Waals surface area contributed by atoms with Gasteiger partial charge in [0.2, 0.25) is 0 Å². The molecule has 0 saturated carbocycles. The van der Waals surface area contributed by atoms with E-state index in [0.29, 0.717) is 26.3 Å². The molecule has 0 aliphatic carbocycles. The molecule has 3 rings (SSSR count). The van der Waals surface area contributed by atoms with Gasteiger partial charge in [-0.05, 0) is 35.0 Å². The Balaban J connectivity index is 2.02. The third-order valence-electron chi connectivity index (χ3n) is 3.37. The summed E-state index contributed by atoms with van der Waals surface area (Å²) in [6.07, 6.45) is 0. The SMILES string of the molecule is O=C(Nc1cc(Cl)c(Cl)cc1Cl)c1cccc2c(Br)cccc12. The molecular weight excluding hydrogens is 420 g/mol. The van der Waals surface area contributed by atoms with Crippen molar-refractivity contribution < 1.29 is 4.79 Å². The maximum atomic E-state index is 12.6. The van der Waals surface area contributed by atoms with Crippen molar-refractivity contribution in [2.24, 2.45) is 0 Å². The van der Waals surface area contributed by atoms with Crippen LogP contribution < -0.4 is 5.32 Å². The van der Waals surface area contributed by atoms with E-state index in [4.69, 9.17) is 34.8 Å². The van der Waals surface area contributed by atoms with Crippen LogP contribution in [0.15, 0.2) is 53.0 Å². The third kappa shape index (κ3) is 3.33. The summed E-state index contributed by atoms with van der Waals surface area (Å²) < 4.78 is 0.928. The van der Waals surface area contributed by atoms with Gasteiger partial charge in [-0.25, -0.2) is 0 Å². The molecule has 0 aliphatic rings. The molecule has 0 saturated heterocycles. The number of carbonyl (C=O) groups is 1. The summed E-state index contributed by atoms with van der Waals surface area (Å²) in [4.78, 5) is 12.6. The second kappa shape index (κ2) is 6.70. The Morgan fingerprint density at radius 3 is 2.30 bits per heavy atom. The molecule has 0 aliphatic heterocycles. The average Bonchev–Trinajstić information content (AvgIpc) is 2.52. The minimum absolute atomic E-state index is 0.269. The predicted octanol–water partition coefficient (Wildman–Crippen LogP) is 6.81. The van der Waals surface area contributed by atoms with Gasteiger partial charge in [-0.3, -0.25) is 4.79 Å². The van der Waals surface area contributed by atoms with Gasteiger partial charge in [-0.2, -0.15) is 0 Å². The summed E-state index contributed by atoms with van der Waals surface area (Å²) in [6, 6.07) is 14.3. The summed E-state index contributed by atoms with van der Waals surface area (Å²) in [7, 11) is 0. The fraction of sp³-hybridized carbons (Fsp3) is 0. The summed E-state index contributed by atoms with van der Waals surface area (Å²) in [5.41, 5.74) is 0.962. The van der Waals surface area contributed by atoms with Crippen molar-refractivity contribution in [1.29, 1.82) is 0 Å². The minimum Gasteiger partial charge on any atom is -0.321 e. The molecule has 1 amide bonds. The van der Waals surface area contributed by atoms with Gasteiger partial charge < -0.3 is 5.32 Å². The van der Waals surface area contributed by atoms with Gasteiger partial charge in [0.15, 0.2) is 0 Å². The fourth-order valence-corrected chi connectivity index (χ4v) is 3.37. The van der Waals surface area contributed by atoms with Crippen LogP contribution in [0.25, 0.3) is 10.8 Å². The standard InChI is InChI=1S/C17H9BrCl3NO/c18-12-6-2-3-9-10(12)4-1-5-11(9)17(23)22-16-8-14(20)13(19)7-15(16)21/h1-8H,(H,22,23). The molecule has 0 spiro atoms. The van der Waals surface area contributed by atoms with E-state index in [1.165, 1.54) is 12.1 Å². The van der Waals surface area contributed by atoms with E-state index in [1.54, 1.807) is 6.07 Å². The Morgan fingerprint density at radius 2 is 1.52 bits per heavy atom. The first-order valence-corrected chi connectivity index (χ1v) is 8.53. The zero-order valence-corrected chi connectivity index (χ0v) is 15.4. The largest absolute Gasteiger partial charge is 0.321 e. The fourth-order valence-electron chi connectivity index (χ4n) is 2.28. The number of hydrogen-bond donors (Lipinski definition) is 1. The first-order chi connectivity index (χ1) is 11.0. The molecule has 1 N–H and O–H groups in total. The van der Waals surface area contributed by atoms with Gasteiger partial charge in [0.25, 0.3) is 5.91 Å². The first-order valence-electron chi connectivity index (χ1n) is 6.60. The molecule has 0 atom stereocenters. The van der Waals surface area contributed by atoms with Crippen LogP contribution in [0.2, 0.25) is 15.1 Å². The molecule has 0 bridgehead atoms. The van der Waals surface area contributed by atoms with Crippen LogP contribution in [-0.4, -0.2) is 5.91 Å². The highest BCUT2D eigenvalue weighted by atomic mass is 79.9. The Kier molecular flexibility index (Phi) is 4.83. The number of anilines is 1. The van der Waals surface area contributed by atoms with E-state index in [-0.39, 0.29) is 5.91 Å². The summed E-state index contributed by atoms with van der Waals surface area (Å²) in [5, 5.41) is 5.57. The lowest BCUT2D eigenvalue weighted by Crippen LogP contribution is -2.12. The van der Waals surface area contributed by atoms with Gasteiger partial charge in [-0.1, -0.05) is 75.0 Å². The summed E-state index contributed by atoms with van der Waals surface area (Å²) >= 11 is 21.5. The van der Waals surface area contributed by atoms with Crippen LogP contribution in [-0.2, 0) is 0 Å². The molecule has 0 fully saturated rings. The number of fused-ring (bicyclic) bond motifs is 1. The quantitative estimate of drug-likeness (QED) is 0.445. The Labute approximate surface area is 156 Å². The van der Waals surface area contributed by atoms with Crippen LogP contribution in [0.4, 0.5) is 5.69 Å². The van der Waals surface area contributed by atoms with Gasteiger partial charge in [0, 0.05) is 10.0 Å². The molecule has 3 aromatic rings. The Bertz CT molecular complexity index is 927. The number of carbonyl (C=O) groups excluding carboxylic acids is 1. The second-order valence-corrected chi connectivity index (χ2v) is 6.92. The summed E-state index contributed by atoms with van der Waals surface area (Å²) in [6.45, 7) is 0. The smallest absolute Gasteiger partial charge is 0.256 e. The van der Waals surface area contributed by atoms with Crippen molar-refractivity contribution in [1.82, 2.24) is 0 Å². The van der Waals surface area contributed by atoms with Crippen LogP contribution in [0.3, 0.4) is 0 Å². The van der Waals surface area contributed by atoms with Crippen molar-refractivity contribution in [3.05, 3.63) is 73.6 Å². The van der Waals surface area contributed by atoms with Crippen LogP contribution >= 0.6 is 50.7 Å². The Morgan fingerprint density at radius 1 is 0.870 bits per heavy atom. The van der Waals surface area contributed by atoms with E-state index in [1.807, 2.05) is 30.3 Å². The molecule has 23 heavy (non-hydrogen) atoms. The van der Waals surface area contributed by atoms with E-state index < -0.39 is 0 Å². The van der Waals surface area contributed by atoms with E-state index >= 15 is 0 Å². The van der Waals surface area contributed by atoms with Crippen molar-refractivity contribution in [2.45, 2.75) is 0 Å². The van der Waals surface area contributed by atoms with Crippen LogP contribution in [0, 0.1) is 0 Å². The zero-order valence-electron chi connectivity index (χ0n) is 11.5. The maximum Gasteiger partial charge on any atom is 0.256 e. The van der Waals surface area contributed by atoms with Gasteiger partial charge >= 0.3 is 0 Å². The number of hydrogen-bond acceptors (Lipinski definition) is 1. The lowest BCUT2D eigenvalue weighted by molar-refractivity contribution is 0.102. The van der Waals surface area contributed by atoms with Crippen molar-refractivity contribution >= 4 is 73.1 Å². The highest BCUT2D eigenvalue weighted by Gasteiger charge is 2.14. The molecule has 0 heterocycles. The first kappa shape index (κ1) is 16.6. The lowest BCUT2D eigenvalue weighted by atomic mass is 10.0. The van der Waals surface area contributed by atoms with E-state index in [9.17, 15) is 4.79 Å². The molecule has 6 heteroatoms. The predicted molar refractivity (Wildman–Crippen MR) is 101 cm³/mol. The average molecular weight is 430 g/mol. The molecule has 2 nitrogen and oxygen atoms in total. The van der Waals surface area contributed by atoms with Crippen LogP contribution in [0.5, 0.6) is 0 Å². The van der Waals surface area contributed by atoms with Crippen molar-refractivity contribution in [3.8, 4) is 0 Å². The lowest BCUT2D eigenvalue weighted by Gasteiger charge is -2.11.